The van der Waals surface area contributed by atoms with Crippen LogP contribution in [0.15, 0.2) is 18.2 Å². The molecule has 0 bridgehead atoms. The van der Waals surface area contributed by atoms with E-state index in [4.69, 9.17) is 10.5 Å². The molecule has 0 saturated carbocycles. The molecule has 0 aliphatic carbocycles. The molecule has 0 atom stereocenters. The van der Waals surface area contributed by atoms with Crippen LogP contribution in [0.25, 0.3) is 0 Å². The Morgan fingerprint density at radius 1 is 1.47 bits per heavy atom. The van der Waals surface area contributed by atoms with Crippen molar-refractivity contribution in [1.29, 1.82) is 0 Å². The highest BCUT2D eigenvalue weighted by molar-refractivity contribution is 6.00. The summed E-state index contributed by atoms with van der Waals surface area (Å²) in [5.41, 5.74) is 5.69. The number of carbonyl (C=O) groups is 1. The Morgan fingerprint density at radius 2 is 2.11 bits per heavy atom. The summed E-state index contributed by atoms with van der Waals surface area (Å²) >= 11 is 0. The Kier molecular flexibility index (Phi) is 4.78. The molecule has 19 heavy (non-hydrogen) atoms. The van der Waals surface area contributed by atoms with Crippen molar-refractivity contribution in [2.75, 3.05) is 25.9 Å². The van der Waals surface area contributed by atoms with Gasteiger partial charge in [0.15, 0.2) is 0 Å². The van der Waals surface area contributed by atoms with Gasteiger partial charge in [-0.05, 0) is 32.9 Å². The number of ether oxygens (including phenoxy) is 1. The Bertz CT molecular complexity index is 452. The number of nitrogens with zero attached hydrogens (tertiary/aromatic N) is 1. The molecule has 1 rings (SSSR count). The molecule has 0 aliphatic heterocycles. The predicted molar refractivity (Wildman–Crippen MR) is 75.3 cm³/mol. The van der Waals surface area contributed by atoms with Crippen molar-refractivity contribution in [3.8, 4) is 5.75 Å². The summed E-state index contributed by atoms with van der Waals surface area (Å²) in [6, 6.07) is 5.09. The number of nitrogen functional groups attached to an aromatic ring is 1. The molecule has 0 spiro atoms. The van der Waals surface area contributed by atoms with Gasteiger partial charge in [-0.25, -0.2) is 0 Å². The van der Waals surface area contributed by atoms with Gasteiger partial charge in [0.25, 0.3) is 5.91 Å². The zero-order chi connectivity index (χ0) is 14.6. The first-order valence-corrected chi connectivity index (χ1v) is 6.24. The first-order valence-electron chi connectivity index (χ1n) is 6.24. The summed E-state index contributed by atoms with van der Waals surface area (Å²) in [5, 5.41) is 9.84. The minimum Gasteiger partial charge on any atom is -0.495 e. The Morgan fingerprint density at radius 3 is 2.58 bits per heavy atom. The number of para-hydroxylation sites is 1. The van der Waals surface area contributed by atoms with Crippen LogP contribution in [-0.2, 0) is 0 Å². The highest BCUT2D eigenvalue weighted by Crippen LogP contribution is 2.26. The average molecular weight is 266 g/mol. The fourth-order valence-corrected chi connectivity index (χ4v) is 1.87. The fourth-order valence-electron chi connectivity index (χ4n) is 1.87. The lowest BCUT2D eigenvalue weighted by Crippen LogP contribution is -2.42. The number of likely N-dealkylation sites (N-methyl/N-ethyl adjacent to an activating group) is 1. The number of rotatable bonds is 5. The monoisotopic (exact) mass is 266 g/mol. The Hall–Kier alpha value is -1.75. The van der Waals surface area contributed by atoms with Crippen LogP contribution < -0.4 is 10.5 Å². The zero-order valence-corrected chi connectivity index (χ0v) is 11.9. The summed E-state index contributed by atoms with van der Waals surface area (Å²) in [5.74, 6) is 0.270. The molecule has 0 heterocycles. The van der Waals surface area contributed by atoms with Gasteiger partial charge in [-0.15, -0.1) is 0 Å². The van der Waals surface area contributed by atoms with Crippen molar-refractivity contribution in [1.82, 2.24) is 4.90 Å². The van der Waals surface area contributed by atoms with E-state index in [1.807, 2.05) is 6.92 Å². The summed E-state index contributed by atoms with van der Waals surface area (Å²) in [4.78, 5) is 14.0. The number of aliphatic hydroxyl groups is 1. The third kappa shape index (κ3) is 3.86. The lowest BCUT2D eigenvalue weighted by atomic mass is 10.1. The van der Waals surface area contributed by atoms with Crippen LogP contribution in [0, 0.1) is 0 Å². The van der Waals surface area contributed by atoms with E-state index >= 15 is 0 Å². The maximum Gasteiger partial charge on any atom is 0.256 e. The van der Waals surface area contributed by atoms with Crippen LogP contribution in [-0.4, -0.2) is 41.7 Å². The van der Waals surface area contributed by atoms with Crippen molar-refractivity contribution in [2.24, 2.45) is 0 Å². The van der Waals surface area contributed by atoms with Crippen molar-refractivity contribution in [2.45, 2.75) is 26.4 Å². The molecule has 0 aromatic heterocycles. The normalized spacial score (nSPS) is 11.2. The summed E-state index contributed by atoms with van der Waals surface area (Å²) in [6.07, 6.45) is 0. The highest BCUT2D eigenvalue weighted by Gasteiger charge is 2.24. The molecule has 1 amide bonds. The van der Waals surface area contributed by atoms with E-state index in [1.54, 1.807) is 36.9 Å². The third-order valence-corrected chi connectivity index (χ3v) is 2.76. The number of hydrogen-bond acceptors (Lipinski definition) is 4. The van der Waals surface area contributed by atoms with E-state index < -0.39 is 5.60 Å². The van der Waals surface area contributed by atoms with Crippen LogP contribution in [0.1, 0.15) is 31.1 Å². The molecule has 0 radical (unpaired) electrons. The fraction of sp³-hybridized carbons (Fsp3) is 0.500. The molecule has 5 heteroatoms. The number of methoxy groups -OCH3 is 1. The third-order valence-electron chi connectivity index (χ3n) is 2.76. The molecule has 0 fully saturated rings. The van der Waals surface area contributed by atoms with E-state index in [-0.39, 0.29) is 12.5 Å². The topological polar surface area (TPSA) is 75.8 Å². The van der Waals surface area contributed by atoms with Crippen molar-refractivity contribution in [3.63, 3.8) is 0 Å². The van der Waals surface area contributed by atoms with Crippen molar-refractivity contribution in [3.05, 3.63) is 23.8 Å². The maximum atomic E-state index is 12.4. The molecule has 0 aliphatic rings. The van der Waals surface area contributed by atoms with Gasteiger partial charge in [0, 0.05) is 13.1 Å². The molecular formula is C14H22N2O3. The minimum atomic E-state index is -0.945. The Balaban J connectivity index is 3.04. The Labute approximate surface area is 114 Å². The van der Waals surface area contributed by atoms with Crippen molar-refractivity contribution >= 4 is 11.6 Å². The molecule has 1 aromatic rings. The van der Waals surface area contributed by atoms with E-state index in [1.165, 1.54) is 7.11 Å². The minimum absolute atomic E-state index is 0.207. The second-order valence-electron chi connectivity index (χ2n) is 5.05. The second kappa shape index (κ2) is 5.93. The summed E-state index contributed by atoms with van der Waals surface area (Å²) in [7, 11) is 1.51. The number of anilines is 1. The van der Waals surface area contributed by atoms with Gasteiger partial charge in [-0.3, -0.25) is 4.79 Å². The lowest BCUT2D eigenvalue weighted by Gasteiger charge is -2.28. The van der Waals surface area contributed by atoms with Crippen molar-refractivity contribution < 1.29 is 14.6 Å². The molecule has 106 valence electrons. The molecule has 1 aromatic carbocycles. The van der Waals surface area contributed by atoms with E-state index in [0.717, 1.165) is 0 Å². The van der Waals surface area contributed by atoms with Crippen LogP contribution in [0.2, 0.25) is 0 Å². The molecule has 0 saturated heterocycles. The molecule has 3 N–H and O–H groups in total. The molecule has 0 unspecified atom stereocenters. The zero-order valence-electron chi connectivity index (χ0n) is 11.9. The van der Waals surface area contributed by atoms with Crippen LogP contribution >= 0.6 is 0 Å². The van der Waals surface area contributed by atoms with E-state index in [2.05, 4.69) is 0 Å². The van der Waals surface area contributed by atoms with Gasteiger partial charge in [0.05, 0.1) is 24.0 Å². The first-order chi connectivity index (χ1) is 8.80. The smallest absolute Gasteiger partial charge is 0.256 e. The standard InChI is InChI=1S/C14H22N2O3/c1-5-16(9-14(2,3)18)13(17)10-7-6-8-11(19-4)12(10)15/h6-8,18H,5,9,15H2,1-4H3. The molecule has 5 nitrogen and oxygen atoms in total. The largest absolute Gasteiger partial charge is 0.495 e. The van der Waals surface area contributed by atoms with Crippen LogP contribution in [0.5, 0.6) is 5.75 Å². The number of amides is 1. The summed E-state index contributed by atoms with van der Waals surface area (Å²) < 4.78 is 5.10. The first kappa shape index (κ1) is 15.3. The van der Waals surface area contributed by atoms with Gasteiger partial charge in [-0.1, -0.05) is 6.07 Å². The number of nitrogens with two attached hydrogens (primary N) is 1. The van der Waals surface area contributed by atoms with Gasteiger partial charge < -0.3 is 20.5 Å². The van der Waals surface area contributed by atoms with Crippen LogP contribution in [0.3, 0.4) is 0 Å². The van der Waals surface area contributed by atoms with Gasteiger partial charge >= 0.3 is 0 Å². The average Bonchev–Trinajstić information content (AvgIpc) is 2.34. The lowest BCUT2D eigenvalue weighted by molar-refractivity contribution is 0.0315. The van der Waals surface area contributed by atoms with Crippen LogP contribution in [0.4, 0.5) is 5.69 Å². The van der Waals surface area contributed by atoms with E-state index in [9.17, 15) is 9.90 Å². The predicted octanol–water partition coefficient (Wildman–Crippen LogP) is 1.51. The number of carbonyl (C=O) groups excluding carboxylic acids is 1. The maximum absolute atomic E-state index is 12.4. The van der Waals surface area contributed by atoms with Gasteiger partial charge in [0.2, 0.25) is 0 Å². The van der Waals surface area contributed by atoms with Gasteiger partial charge in [0.1, 0.15) is 5.75 Å². The SMILES string of the molecule is CCN(CC(C)(C)O)C(=O)c1cccc(OC)c1N. The van der Waals surface area contributed by atoms with Gasteiger partial charge in [-0.2, -0.15) is 0 Å². The molecular weight excluding hydrogens is 244 g/mol. The van der Waals surface area contributed by atoms with E-state index in [0.29, 0.717) is 23.5 Å². The number of hydrogen-bond donors (Lipinski definition) is 2. The second-order valence-corrected chi connectivity index (χ2v) is 5.05. The highest BCUT2D eigenvalue weighted by atomic mass is 16.5. The summed E-state index contributed by atoms with van der Waals surface area (Å²) in [6.45, 7) is 5.94. The quantitative estimate of drug-likeness (QED) is 0.792. The number of benzene rings is 1.